The molecule has 1 aliphatic heterocycles. The molecule has 3 rings (SSSR count). The zero-order chi connectivity index (χ0) is 14.7. The highest BCUT2D eigenvalue weighted by Crippen LogP contribution is 2.29. The van der Waals surface area contributed by atoms with Crippen LogP contribution in [0.4, 0.5) is 5.69 Å². The largest absolute Gasteiger partial charge is 0.390 e. The van der Waals surface area contributed by atoms with Crippen molar-refractivity contribution in [3.05, 3.63) is 48.3 Å². The molecule has 1 aromatic carbocycles. The molecular formula is C17H23N3O. The molecule has 21 heavy (non-hydrogen) atoms. The maximum Gasteiger partial charge on any atom is 0.0684 e. The van der Waals surface area contributed by atoms with Gasteiger partial charge in [0.2, 0.25) is 0 Å². The lowest BCUT2D eigenvalue weighted by Gasteiger charge is -2.39. The minimum absolute atomic E-state index is 0.527. The number of para-hydroxylation sites is 1. The Morgan fingerprint density at radius 1 is 1.19 bits per heavy atom. The highest BCUT2D eigenvalue weighted by atomic mass is 16.3. The first kappa shape index (κ1) is 14.1. The molecule has 1 N–H and O–H groups in total. The van der Waals surface area contributed by atoms with Crippen molar-refractivity contribution in [2.24, 2.45) is 7.05 Å². The van der Waals surface area contributed by atoms with Crippen molar-refractivity contribution in [2.75, 3.05) is 18.0 Å². The minimum atomic E-state index is -0.527. The van der Waals surface area contributed by atoms with Crippen LogP contribution in [-0.4, -0.2) is 33.6 Å². The van der Waals surface area contributed by atoms with Gasteiger partial charge in [-0.2, -0.15) is 5.10 Å². The van der Waals surface area contributed by atoms with Crippen molar-refractivity contribution in [2.45, 2.75) is 31.3 Å². The SMILES string of the molecule is Cn1cc(CCC2(O)CCN(c3ccccc3)CC2)cn1. The van der Waals surface area contributed by atoms with E-state index in [2.05, 4.69) is 34.3 Å². The zero-order valence-corrected chi connectivity index (χ0v) is 12.6. The molecule has 0 aliphatic carbocycles. The fraction of sp³-hybridized carbons (Fsp3) is 0.471. The third-order valence-electron chi connectivity index (χ3n) is 4.45. The Bertz CT molecular complexity index is 571. The van der Waals surface area contributed by atoms with Gasteiger partial charge in [-0.15, -0.1) is 0 Å². The van der Waals surface area contributed by atoms with Gasteiger partial charge in [-0.25, -0.2) is 0 Å². The molecule has 1 aliphatic rings. The Morgan fingerprint density at radius 3 is 2.52 bits per heavy atom. The Labute approximate surface area is 126 Å². The van der Waals surface area contributed by atoms with Crippen molar-refractivity contribution in [3.8, 4) is 0 Å². The minimum Gasteiger partial charge on any atom is -0.390 e. The topological polar surface area (TPSA) is 41.3 Å². The Hall–Kier alpha value is -1.81. The monoisotopic (exact) mass is 285 g/mol. The number of hydrogen-bond acceptors (Lipinski definition) is 3. The van der Waals surface area contributed by atoms with Gasteiger partial charge in [-0.3, -0.25) is 4.68 Å². The first-order valence-electron chi connectivity index (χ1n) is 7.65. The van der Waals surface area contributed by atoms with Crippen LogP contribution in [0.3, 0.4) is 0 Å². The molecule has 1 aromatic heterocycles. The fourth-order valence-corrected chi connectivity index (χ4v) is 3.05. The summed E-state index contributed by atoms with van der Waals surface area (Å²) in [6, 6.07) is 10.5. The van der Waals surface area contributed by atoms with Crippen molar-refractivity contribution in [1.82, 2.24) is 9.78 Å². The van der Waals surface area contributed by atoms with Crippen LogP contribution in [0.2, 0.25) is 0 Å². The molecule has 0 unspecified atom stereocenters. The fourth-order valence-electron chi connectivity index (χ4n) is 3.05. The van der Waals surface area contributed by atoms with Gasteiger partial charge in [0, 0.05) is 32.0 Å². The number of aryl methyl sites for hydroxylation is 2. The van der Waals surface area contributed by atoms with E-state index in [0.29, 0.717) is 0 Å². The summed E-state index contributed by atoms with van der Waals surface area (Å²) in [6.45, 7) is 1.85. The van der Waals surface area contributed by atoms with E-state index < -0.39 is 5.60 Å². The van der Waals surface area contributed by atoms with Gasteiger partial charge in [0.25, 0.3) is 0 Å². The van der Waals surface area contributed by atoms with Crippen LogP contribution < -0.4 is 4.90 Å². The predicted molar refractivity (Wildman–Crippen MR) is 84.4 cm³/mol. The first-order valence-corrected chi connectivity index (χ1v) is 7.65. The van der Waals surface area contributed by atoms with E-state index in [0.717, 1.165) is 38.8 Å². The molecule has 0 radical (unpaired) electrons. The Kier molecular flexibility index (Phi) is 3.97. The molecule has 0 spiro atoms. The molecule has 4 heteroatoms. The van der Waals surface area contributed by atoms with E-state index >= 15 is 0 Å². The van der Waals surface area contributed by atoms with Crippen molar-refractivity contribution >= 4 is 5.69 Å². The van der Waals surface area contributed by atoms with E-state index in [1.54, 1.807) is 0 Å². The van der Waals surface area contributed by atoms with Gasteiger partial charge in [-0.05, 0) is 43.4 Å². The Balaban J connectivity index is 1.54. The Morgan fingerprint density at radius 2 is 1.90 bits per heavy atom. The maximum absolute atomic E-state index is 10.8. The molecule has 1 fully saturated rings. The lowest BCUT2D eigenvalue weighted by Crippen LogP contribution is -2.44. The summed E-state index contributed by atoms with van der Waals surface area (Å²) >= 11 is 0. The quantitative estimate of drug-likeness (QED) is 0.938. The van der Waals surface area contributed by atoms with Crippen LogP contribution in [0.15, 0.2) is 42.7 Å². The molecule has 0 saturated carbocycles. The van der Waals surface area contributed by atoms with Crippen LogP contribution in [0.5, 0.6) is 0 Å². The number of nitrogens with zero attached hydrogens (tertiary/aromatic N) is 3. The van der Waals surface area contributed by atoms with Crippen molar-refractivity contribution < 1.29 is 5.11 Å². The number of aliphatic hydroxyl groups is 1. The molecular weight excluding hydrogens is 262 g/mol. The van der Waals surface area contributed by atoms with Crippen LogP contribution in [0.25, 0.3) is 0 Å². The summed E-state index contributed by atoms with van der Waals surface area (Å²) in [5.41, 5.74) is 1.93. The average molecular weight is 285 g/mol. The molecule has 112 valence electrons. The normalized spacial score (nSPS) is 17.9. The lowest BCUT2D eigenvalue weighted by molar-refractivity contribution is 0.00830. The van der Waals surface area contributed by atoms with E-state index in [-0.39, 0.29) is 0 Å². The number of rotatable bonds is 4. The van der Waals surface area contributed by atoms with Crippen LogP contribution in [0, 0.1) is 0 Å². The predicted octanol–water partition coefficient (Wildman–Crippen LogP) is 2.38. The number of hydrogen-bond donors (Lipinski definition) is 1. The summed E-state index contributed by atoms with van der Waals surface area (Å²) in [6.07, 6.45) is 7.31. The lowest BCUT2D eigenvalue weighted by atomic mass is 9.86. The summed E-state index contributed by atoms with van der Waals surface area (Å²) in [4.78, 5) is 2.36. The summed E-state index contributed by atoms with van der Waals surface area (Å²) in [5, 5.41) is 14.9. The first-order chi connectivity index (χ1) is 10.1. The third-order valence-corrected chi connectivity index (χ3v) is 4.45. The molecule has 1 saturated heterocycles. The van der Waals surface area contributed by atoms with E-state index in [4.69, 9.17) is 0 Å². The highest BCUT2D eigenvalue weighted by molar-refractivity contribution is 5.46. The second-order valence-corrected chi connectivity index (χ2v) is 6.07. The average Bonchev–Trinajstić information content (AvgIpc) is 2.93. The van der Waals surface area contributed by atoms with E-state index in [1.165, 1.54) is 11.3 Å². The standard InChI is InChI=1S/C17H23N3O/c1-19-14-15(13-18-19)7-8-17(21)9-11-20(12-10-17)16-5-3-2-4-6-16/h2-6,13-14,21H,7-12H2,1H3. The van der Waals surface area contributed by atoms with Gasteiger partial charge in [0.05, 0.1) is 11.8 Å². The number of aromatic nitrogens is 2. The van der Waals surface area contributed by atoms with Gasteiger partial charge < -0.3 is 10.0 Å². The molecule has 4 nitrogen and oxygen atoms in total. The number of anilines is 1. The molecule has 2 aromatic rings. The van der Waals surface area contributed by atoms with E-state index in [9.17, 15) is 5.11 Å². The van der Waals surface area contributed by atoms with E-state index in [1.807, 2.05) is 30.2 Å². The number of piperidine rings is 1. The van der Waals surface area contributed by atoms with Gasteiger partial charge in [-0.1, -0.05) is 18.2 Å². The molecule has 0 amide bonds. The van der Waals surface area contributed by atoms with Gasteiger partial charge >= 0.3 is 0 Å². The number of benzene rings is 1. The zero-order valence-electron chi connectivity index (χ0n) is 12.6. The summed E-state index contributed by atoms with van der Waals surface area (Å²) < 4.78 is 1.82. The van der Waals surface area contributed by atoms with Gasteiger partial charge in [0.1, 0.15) is 0 Å². The van der Waals surface area contributed by atoms with Gasteiger partial charge in [0.15, 0.2) is 0 Å². The highest BCUT2D eigenvalue weighted by Gasteiger charge is 2.31. The molecule has 0 atom stereocenters. The summed E-state index contributed by atoms with van der Waals surface area (Å²) in [7, 11) is 1.93. The molecule has 0 bridgehead atoms. The van der Waals surface area contributed by atoms with Crippen LogP contribution >= 0.6 is 0 Å². The smallest absolute Gasteiger partial charge is 0.0684 e. The van der Waals surface area contributed by atoms with Crippen LogP contribution in [-0.2, 0) is 13.5 Å². The second kappa shape index (κ2) is 5.90. The van der Waals surface area contributed by atoms with Crippen molar-refractivity contribution in [3.63, 3.8) is 0 Å². The summed E-state index contributed by atoms with van der Waals surface area (Å²) in [5.74, 6) is 0. The van der Waals surface area contributed by atoms with Crippen LogP contribution in [0.1, 0.15) is 24.8 Å². The molecule has 2 heterocycles. The maximum atomic E-state index is 10.8. The third kappa shape index (κ3) is 3.45. The second-order valence-electron chi connectivity index (χ2n) is 6.07. The van der Waals surface area contributed by atoms with Crippen molar-refractivity contribution in [1.29, 1.82) is 0 Å².